The summed E-state index contributed by atoms with van der Waals surface area (Å²) in [6.45, 7) is 5.89. The highest BCUT2D eigenvalue weighted by Crippen LogP contribution is 2.11. The maximum Gasteiger partial charge on any atom is 0.305 e. The number of aliphatic hydroxyl groups is 1. The molecule has 0 radical (unpaired) electrons. The molecule has 0 spiro atoms. The summed E-state index contributed by atoms with van der Waals surface area (Å²) in [4.78, 5) is 135. The Kier molecular flexibility index (Phi) is 30.2. The first-order chi connectivity index (χ1) is 32.7. The number of unbranched alkanes of at least 4 members (excludes halogenated alkanes) is 6. The monoisotopic (exact) mass is 984 g/mol. The third-order valence-electron chi connectivity index (χ3n) is 11.2. The van der Waals surface area contributed by atoms with Crippen molar-refractivity contribution in [1.29, 1.82) is 0 Å². The van der Waals surface area contributed by atoms with Gasteiger partial charge in [-0.15, -0.1) is 0 Å². The van der Waals surface area contributed by atoms with Crippen molar-refractivity contribution in [2.24, 2.45) is 28.9 Å². The standard InChI is InChI=1S/C44H81N13O12/c1-5-6-7-8-9-10-11-12-34(59)50-27(13-18-45)37(62)54-31-17-22-49-44(69)36(26(4)58)57-41(66)30(16-21-48)52-38(63)28(14-19-46)53-43(68)33(24-35(60)61)56-42(67)32(23-25(2)3)55-39(64)29(15-20-47)51-40(31)65/h25-33,36,58H,5-24,45-48H2,1-4H3,(H,49,69)(H,50,59)(H,51,65)(H,52,63)(H,53,68)(H,54,62)(H,55,64)(H,56,67)(H,57,66)(H,60,61)/t26-,27-,28+,29+,30+,31+,32-,33+,36+/m1/s1. The highest BCUT2D eigenvalue weighted by atomic mass is 16.4. The lowest BCUT2D eigenvalue weighted by atomic mass is 10.0. The number of carboxylic acid groups (broad SMARTS) is 1. The molecule has 0 aromatic carbocycles. The Labute approximate surface area is 404 Å². The number of amides is 9. The van der Waals surface area contributed by atoms with E-state index < -0.39 is 120 Å². The number of carboxylic acids is 1. The number of aliphatic hydroxyl groups excluding tert-OH is 1. The third-order valence-corrected chi connectivity index (χ3v) is 11.2. The molecule has 1 saturated heterocycles. The van der Waals surface area contributed by atoms with Gasteiger partial charge in [-0.3, -0.25) is 47.9 Å². The Bertz CT molecular complexity index is 1690. The second-order valence-electron chi connectivity index (χ2n) is 17.7. The van der Waals surface area contributed by atoms with Crippen molar-refractivity contribution in [1.82, 2.24) is 47.9 Å². The summed E-state index contributed by atoms with van der Waals surface area (Å²) >= 11 is 0. The van der Waals surface area contributed by atoms with Crippen molar-refractivity contribution >= 4 is 59.1 Å². The molecule has 0 bridgehead atoms. The summed E-state index contributed by atoms with van der Waals surface area (Å²) in [5.41, 5.74) is 23.1. The van der Waals surface area contributed by atoms with Crippen LogP contribution in [0.5, 0.6) is 0 Å². The fourth-order valence-electron chi connectivity index (χ4n) is 7.35. The zero-order valence-corrected chi connectivity index (χ0v) is 40.7. The number of rotatable bonds is 24. The minimum absolute atomic E-state index is 0.0127. The van der Waals surface area contributed by atoms with Crippen molar-refractivity contribution < 1.29 is 58.2 Å². The van der Waals surface area contributed by atoms with Crippen molar-refractivity contribution in [2.75, 3.05) is 32.7 Å². The van der Waals surface area contributed by atoms with Crippen molar-refractivity contribution in [3.05, 3.63) is 0 Å². The van der Waals surface area contributed by atoms with Crippen LogP contribution >= 0.6 is 0 Å². The van der Waals surface area contributed by atoms with E-state index in [-0.39, 0.29) is 83.6 Å². The number of hydrogen-bond acceptors (Lipinski definition) is 15. The molecule has 0 aromatic rings. The molecule has 1 aliphatic heterocycles. The molecule has 1 rings (SSSR count). The molecule has 1 fully saturated rings. The van der Waals surface area contributed by atoms with E-state index in [1.807, 2.05) is 0 Å². The van der Waals surface area contributed by atoms with Crippen molar-refractivity contribution in [3.63, 3.8) is 0 Å². The molecule has 0 saturated carbocycles. The Balaban J connectivity index is 3.75. The molecule has 0 aromatic heterocycles. The molecule has 1 heterocycles. The van der Waals surface area contributed by atoms with E-state index in [1.54, 1.807) is 13.8 Å². The number of nitrogens with two attached hydrogens (primary N) is 4. The number of hydrogen-bond donors (Lipinski definition) is 15. The SMILES string of the molecule is CCCCCCCCCC(=O)N[C@H](CCN)C(=O)N[C@H]1CCNC(=O)[C@H]([C@@H](C)O)NC(=O)[C@H](CCN)NC(=O)[C@H](CCN)NC(=O)[C@H](CC(=O)O)NC(=O)[C@@H](CC(C)C)NC(=O)[C@H](CCN)NC1=O. The molecule has 394 valence electrons. The van der Waals surface area contributed by atoms with E-state index in [9.17, 15) is 58.2 Å². The van der Waals surface area contributed by atoms with Gasteiger partial charge in [0.2, 0.25) is 53.2 Å². The van der Waals surface area contributed by atoms with Crippen LogP contribution in [0.2, 0.25) is 0 Å². The van der Waals surface area contributed by atoms with Gasteiger partial charge in [-0.1, -0.05) is 59.3 Å². The molecule has 1 aliphatic rings. The second-order valence-corrected chi connectivity index (χ2v) is 17.7. The largest absolute Gasteiger partial charge is 0.481 e. The summed E-state index contributed by atoms with van der Waals surface area (Å²) in [7, 11) is 0. The lowest BCUT2D eigenvalue weighted by molar-refractivity contribution is -0.141. The number of nitrogens with one attached hydrogen (secondary N) is 9. The van der Waals surface area contributed by atoms with E-state index in [4.69, 9.17) is 22.9 Å². The lowest BCUT2D eigenvalue weighted by Crippen LogP contribution is -2.61. The normalized spacial score (nSPS) is 23.7. The number of carbonyl (C=O) groups excluding carboxylic acids is 9. The van der Waals surface area contributed by atoms with E-state index >= 15 is 0 Å². The maximum atomic E-state index is 14.1. The van der Waals surface area contributed by atoms with Gasteiger partial charge in [0.15, 0.2) is 0 Å². The van der Waals surface area contributed by atoms with Crippen LogP contribution < -0.4 is 70.8 Å². The Morgan fingerprint density at radius 2 is 1.09 bits per heavy atom. The van der Waals surface area contributed by atoms with E-state index in [2.05, 4.69) is 54.8 Å². The van der Waals surface area contributed by atoms with Crippen molar-refractivity contribution in [2.45, 2.75) is 178 Å². The predicted octanol–water partition coefficient (Wildman–Crippen LogP) is -4.18. The molecular formula is C44H81N13O12. The summed E-state index contributed by atoms with van der Waals surface area (Å²) < 4.78 is 0. The van der Waals surface area contributed by atoms with Gasteiger partial charge in [0.05, 0.1) is 12.5 Å². The van der Waals surface area contributed by atoms with Crippen LogP contribution in [-0.2, 0) is 47.9 Å². The number of carbonyl (C=O) groups is 10. The zero-order chi connectivity index (χ0) is 52.1. The van der Waals surface area contributed by atoms with E-state index in [0.717, 1.165) is 38.5 Å². The maximum absolute atomic E-state index is 14.1. The first-order valence-corrected chi connectivity index (χ1v) is 24.1. The van der Waals surface area contributed by atoms with Crippen molar-refractivity contribution in [3.8, 4) is 0 Å². The van der Waals surface area contributed by atoms with Crippen LogP contribution in [0.3, 0.4) is 0 Å². The zero-order valence-electron chi connectivity index (χ0n) is 40.7. The highest BCUT2D eigenvalue weighted by Gasteiger charge is 2.36. The Hall–Kier alpha value is -5.50. The molecule has 25 heteroatoms. The topological polar surface area (TPSA) is 424 Å². The van der Waals surface area contributed by atoms with Crippen LogP contribution in [0.1, 0.15) is 124 Å². The number of aliphatic carboxylic acids is 1. The van der Waals surface area contributed by atoms with E-state index in [0.29, 0.717) is 6.42 Å². The Morgan fingerprint density at radius 1 is 0.623 bits per heavy atom. The van der Waals surface area contributed by atoms with Gasteiger partial charge in [0, 0.05) is 13.0 Å². The first-order valence-electron chi connectivity index (χ1n) is 24.1. The molecule has 19 N–H and O–H groups in total. The second kappa shape index (κ2) is 33.9. The fourth-order valence-corrected chi connectivity index (χ4v) is 7.35. The minimum atomic E-state index is -1.80. The van der Waals surface area contributed by atoms with Gasteiger partial charge in [-0.05, 0) is 84.0 Å². The summed E-state index contributed by atoms with van der Waals surface area (Å²) in [6, 6.07) is -11.9. The molecular weight excluding hydrogens is 903 g/mol. The molecule has 69 heavy (non-hydrogen) atoms. The van der Waals surface area contributed by atoms with Crippen LogP contribution in [-0.4, -0.2) is 157 Å². The summed E-state index contributed by atoms with van der Waals surface area (Å²) in [6.07, 6.45) is 3.42. The average molecular weight is 984 g/mol. The summed E-state index contributed by atoms with van der Waals surface area (Å²) in [5, 5.41) is 42.7. The van der Waals surface area contributed by atoms with Crippen LogP contribution in [0, 0.1) is 5.92 Å². The van der Waals surface area contributed by atoms with Gasteiger partial charge in [0.25, 0.3) is 0 Å². The molecule has 25 nitrogen and oxygen atoms in total. The summed E-state index contributed by atoms with van der Waals surface area (Å²) in [5.74, 6) is -9.82. The predicted molar refractivity (Wildman–Crippen MR) is 254 cm³/mol. The van der Waals surface area contributed by atoms with Crippen LogP contribution in [0.15, 0.2) is 0 Å². The fraction of sp³-hybridized carbons (Fsp3) is 0.773. The van der Waals surface area contributed by atoms with Crippen LogP contribution in [0.25, 0.3) is 0 Å². The van der Waals surface area contributed by atoms with Crippen LogP contribution in [0.4, 0.5) is 0 Å². The highest BCUT2D eigenvalue weighted by molar-refractivity contribution is 5.99. The quantitative estimate of drug-likeness (QED) is 0.0408. The molecule has 9 amide bonds. The molecule has 9 atom stereocenters. The smallest absolute Gasteiger partial charge is 0.305 e. The van der Waals surface area contributed by atoms with Gasteiger partial charge >= 0.3 is 5.97 Å². The minimum Gasteiger partial charge on any atom is -0.481 e. The van der Waals surface area contributed by atoms with Gasteiger partial charge in [-0.2, -0.15) is 0 Å². The van der Waals surface area contributed by atoms with E-state index in [1.165, 1.54) is 6.92 Å². The molecule has 0 unspecified atom stereocenters. The average Bonchev–Trinajstić information content (AvgIpc) is 3.27. The van der Waals surface area contributed by atoms with Gasteiger partial charge in [0.1, 0.15) is 48.3 Å². The van der Waals surface area contributed by atoms with Gasteiger partial charge < -0.3 is 81.0 Å². The van der Waals surface area contributed by atoms with Gasteiger partial charge in [-0.25, -0.2) is 0 Å². The third kappa shape index (κ3) is 24.1. The molecule has 0 aliphatic carbocycles. The lowest BCUT2D eigenvalue weighted by Gasteiger charge is -2.28. The first kappa shape index (κ1) is 61.5. The Morgan fingerprint density at radius 3 is 1.58 bits per heavy atom.